The normalized spacial score (nSPS) is 18.1. The van der Waals surface area contributed by atoms with Crippen LogP contribution in [0.25, 0.3) is 0 Å². The highest BCUT2D eigenvalue weighted by Crippen LogP contribution is 2.42. The van der Waals surface area contributed by atoms with Crippen molar-refractivity contribution in [3.05, 3.63) is 51.6 Å². The molecule has 1 aliphatic heterocycles. The lowest BCUT2D eigenvalue weighted by Gasteiger charge is -2.39. The summed E-state index contributed by atoms with van der Waals surface area (Å²) in [5, 5.41) is 21.8. The highest BCUT2D eigenvalue weighted by atomic mass is 32.1. The summed E-state index contributed by atoms with van der Waals surface area (Å²) in [4.78, 5) is 18.8. The maximum atomic E-state index is 13.0. The number of unbranched alkanes of at least 4 members (excludes halogenated alkanes) is 3. The first-order valence-electron chi connectivity index (χ1n) is 13.7. The Balaban J connectivity index is 0.000000599. The number of amides is 1. The molecule has 3 heterocycles. The molecule has 3 N–H and O–H groups in total. The van der Waals surface area contributed by atoms with Crippen molar-refractivity contribution in [2.45, 2.75) is 91.1 Å². The summed E-state index contributed by atoms with van der Waals surface area (Å²) in [6, 6.07) is 5.23. The van der Waals surface area contributed by atoms with Gasteiger partial charge in [0.1, 0.15) is 16.4 Å². The molecule has 0 bridgehead atoms. The van der Waals surface area contributed by atoms with Crippen LogP contribution in [0.4, 0.5) is 5.82 Å². The number of carbonyl (C=O) groups excluding carboxylic acids is 1. The van der Waals surface area contributed by atoms with E-state index < -0.39 is 0 Å². The number of anilines is 1. The standard InChI is InChI=1S/C23H29N5O3S.C6H14/c1-5-23(3)11-17(22-25-12-14(2)32-22)27-20-16(13-26-28(20)23)21(30)24-9-8-15-6-7-18(29)19(10-15)31-4;1-3-5-6-4-2/h6-7,10,12-13,17,27,29H,5,8-9,11H2,1-4H3,(H,24,30);3-6H2,1-2H3. The summed E-state index contributed by atoms with van der Waals surface area (Å²) in [5.74, 6) is 1.09. The summed E-state index contributed by atoms with van der Waals surface area (Å²) in [7, 11) is 1.52. The van der Waals surface area contributed by atoms with E-state index >= 15 is 0 Å². The van der Waals surface area contributed by atoms with E-state index in [1.54, 1.807) is 29.7 Å². The highest BCUT2D eigenvalue weighted by Gasteiger charge is 2.39. The molecule has 2 atom stereocenters. The van der Waals surface area contributed by atoms with Crippen molar-refractivity contribution in [3.8, 4) is 11.5 Å². The molecular formula is C29H43N5O3S. The molecule has 0 aliphatic carbocycles. The number of nitrogens with one attached hydrogen (secondary N) is 2. The summed E-state index contributed by atoms with van der Waals surface area (Å²) < 4.78 is 7.10. The molecular weight excluding hydrogens is 498 g/mol. The number of benzene rings is 1. The van der Waals surface area contributed by atoms with E-state index in [-0.39, 0.29) is 23.2 Å². The van der Waals surface area contributed by atoms with Gasteiger partial charge in [-0.15, -0.1) is 11.3 Å². The number of hydrogen-bond donors (Lipinski definition) is 3. The number of nitrogens with zero attached hydrogens (tertiary/aromatic N) is 3. The first-order chi connectivity index (χ1) is 18.3. The Morgan fingerprint density at radius 3 is 2.61 bits per heavy atom. The molecule has 208 valence electrons. The van der Waals surface area contributed by atoms with Crippen LogP contribution in [-0.2, 0) is 12.0 Å². The number of aryl methyl sites for hydroxylation is 1. The third-order valence-electron chi connectivity index (χ3n) is 7.08. The number of aromatic hydroxyl groups is 1. The van der Waals surface area contributed by atoms with Gasteiger partial charge in [-0.25, -0.2) is 9.67 Å². The Labute approximate surface area is 230 Å². The molecule has 0 fully saturated rings. The van der Waals surface area contributed by atoms with E-state index in [4.69, 9.17) is 4.74 Å². The van der Waals surface area contributed by atoms with E-state index in [0.29, 0.717) is 24.3 Å². The number of aromatic nitrogens is 3. The molecule has 1 amide bonds. The van der Waals surface area contributed by atoms with Gasteiger partial charge < -0.3 is 20.5 Å². The largest absolute Gasteiger partial charge is 0.504 e. The number of carbonyl (C=O) groups is 1. The van der Waals surface area contributed by atoms with E-state index in [2.05, 4.69) is 55.3 Å². The summed E-state index contributed by atoms with van der Waals surface area (Å²) in [6.45, 7) is 11.3. The quantitative estimate of drug-likeness (QED) is 0.250. The average molecular weight is 542 g/mol. The molecule has 38 heavy (non-hydrogen) atoms. The molecule has 4 rings (SSSR count). The molecule has 9 heteroatoms. The molecule has 3 aromatic rings. The lowest BCUT2D eigenvalue weighted by Crippen LogP contribution is -2.40. The van der Waals surface area contributed by atoms with E-state index in [9.17, 15) is 9.90 Å². The first kappa shape index (κ1) is 29.5. The third kappa shape index (κ3) is 7.07. The molecule has 0 saturated heterocycles. The first-order valence-corrected chi connectivity index (χ1v) is 14.5. The molecule has 0 spiro atoms. The second-order valence-electron chi connectivity index (χ2n) is 10.1. The van der Waals surface area contributed by atoms with Crippen molar-refractivity contribution in [2.24, 2.45) is 0 Å². The van der Waals surface area contributed by atoms with Crippen LogP contribution in [0.15, 0.2) is 30.6 Å². The van der Waals surface area contributed by atoms with Crippen molar-refractivity contribution in [3.63, 3.8) is 0 Å². The lowest BCUT2D eigenvalue weighted by atomic mass is 9.88. The van der Waals surface area contributed by atoms with Crippen molar-refractivity contribution < 1.29 is 14.6 Å². The highest BCUT2D eigenvalue weighted by molar-refractivity contribution is 7.11. The number of phenols is 1. The predicted octanol–water partition coefficient (Wildman–Crippen LogP) is 6.60. The number of ether oxygens (including phenoxy) is 1. The zero-order valence-corrected chi connectivity index (χ0v) is 24.5. The maximum absolute atomic E-state index is 13.0. The fraction of sp³-hybridized carbons (Fsp3) is 0.552. The van der Waals surface area contributed by atoms with Gasteiger partial charge in [0.05, 0.1) is 24.9 Å². The smallest absolute Gasteiger partial charge is 0.256 e. The van der Waals surface area contributed by atoms with E-state index in [1.807, 2.05) is 16.9 Å². The molecule has 1 aliphatic rings. The van der Waals surface area contributed by atoms with Gasteiger partial charge in [0, 0.05) is 17.6 Å². The molecule has 2 unspecified atom stereocenters. The van der Waals surface area contributed by atoms with Crippen LogP contribution in [0.5, 0.6) is 11.5 Å². The fourth-order valence-corrected chi connectivity index (χ4v) is 5.40. The van der Waals surface area contributed by atoms with Crippen LogP contribution in [0.3, 0.4) is 0 Å². The van der Waals surface area contributed by atoms with Crippen LogP contribution in [0.2, 0.25) is 0 Å². The van der Waals surface area contributed by atoms with Gasteiger partial charge in [0.15, 0.2) is 11.5 Å². The Bertz CT molecular complexity index is 1190. The molecule has 2 aromatic heterocycles. The third-order valence-corrected chi connectivity index (χ3v) is 8.11. The Morgan fingerprint density at radius 2 is 2.00 bits per heavy atom. The number of fused-ring (bicyclic) bond motifs is 1. The topological polar surface area (TPSA) is 101 Å². The zero-order chi connectivity index (χ0) is 27.7. The van der Waals surface area contributed by atoms with E-state index in [1.165, 1.54) is 37.7 Å². The molecule has 0 saturated carbocycles. The van der Waals surface area contributed by atoms with Crippen LogP contribution in [0.1, 0.15) is 98.1 Å². The van der Waals surface area contributed by atoms with Crippen molar-refractivity contribution in [1.82, 2.24) is 20.1 Å². The summed E-state index contributed by atoms with van der Waals surface area (Å²) >= 11 is 1.68. The fourth-order valence-electron chi connectivity index (χ4n) is 4.57. The van der Waals surface area contributed by atoms with Gasteiger partial charge in [-0.05, 0) is 50.8 Å². The predicted molar refractivity (Wildman–Crippen MR) is 155 cm³/mol. The zero-order valence-electron chi connectivity index (χ0n) is 23.6. The minimum Gasteiger partial charge on any atom is -0.504 e. The van der Waals surface area contributed by atoms with Gasteiger partial charge >= 0.3 is 0 Å². The Morgan fingerprint density at radius 1 is 1.26 bits per heavy atom. The van der Waals surface area contributed by atoms with Gasteiger partial charge in [-0.1, -0.05) is 52.5 Å². The number of hydrogen-bond acceptors (Lipinski definition) is 7. The van der Waals surface area contributed by atoms with Crippen LogP contribution in [0, 0.1) is 6.92 Å². The molecule has 0 radical (unpaired) electrons. The van der Waals surface area contributed by atoms with Crippen LogP contribution < -0.4 is 15.4 Å². The second-order valence-corrected chi connectivity index (χ2v) is 11.4. The van der Waals surface area contributed by atoms with Gasteiger partial charge in [-0.3, -0.25) is 4.79 Å². The molecule has 1 aromatic carbocycles. The van der Waals surface area contributed by atoms with Crippen molar-refractivity contribution in [1.29, 1.82) is 0 Å². The molecule has 8 nitrogen and oxygen atoms in total. The van der Waals surface area contributed by atoms with E-state index in [0.717, 1.165) is 29.2 Å². The van der Waals surface area contributed by atoms with Crippen LogP contribution in [-0.4, -0.2) is 39.4 Å². The van der Waals surface area contributed by atoms with Gasteiger partial charge in [0.2, 0.25) is 0 Å². The average Bonchev–Trinajstić information content (AvgIpc) is 3.55. The number of thiazole rings is 1. The summed E-state index contributed by atoms with van der Waals surface area (Å²) in [6.07, 6.45) is 11.4. The van der Waals surface area contributed by atoms with Crippen molar-refractivity contribution >= 4 is 23.1 Å². The number of methoxy groups -OCH3 is 1. The second kappa shape index (κ2) is 13.6. The number of phenolic OH excluding ortho intramolecular Hbond substituents is 1. The summed E-state index contributed by atoms with van der Waals surface area (Å²) in [5.41, 5.74) is 1.30. The van der Waals surface area contributed by atoms with Crippen LogP contribution >= 0.6 is 11.3 Å². The Hall–Kier alpha value is -3.07. The van der Waals surface area contributed by atoms with Crippen molar-refractivity contribution in [2.75, 3.05) is 19.0 Å². The monoisotopic (exact) mass is 541 g/mol. The van der Waals surface area contributed by atoms with Gasteiger partial charge in [0.25, 0.3) is 5.91 Å². The van der Waals surface area contributed by atoms with Gasteiger partial charge in [-0.2, -0.15) is 5.10 Å². The lowest BCUT2D eigenvalue weighted by molar-refractivity contribution is 0.0954. The minimum absolute atomic E-state index is 0.0406. The SMILES string of the molecule is CCC1(C)CC(c2ncc(C)s2)Nc2c(C(=O)NCCc3ccc(O)c(OC)c3)cnn21.CCCCCC. The number of rotatable bonds is 10. The minimum atomic E-state index is -0.202. The Kier molecular flexibility index (Phi) is 10.6. The maximum Gasteiger partial charge on any atom is 0.256 e.